The Labute approximate surface area is 193 Å². The Balaban J connectivity index is 1.51. The van der Waals surface area contributed by atoms with Crippen LogP contribution in [0.25, 0.3) is 17.2 Å². The normalized spacial score (nSPS) is 20.1. The highest BCUT2D eigenvalue weighted by Crippen LogP contribution is 2.54. The summed E-state index contributed by atoms with van der Waals surface area (Å²) in [6.07, 6.45) is 2.75. The molecule has 0 bridgehead atoms. The third-order valence-electron chi connectivity index (χ3n) is 6.99. The van der Waals surface area contributed by atoms with E-state index in [0.29, 0.717) is 6.61 Å². The Morgan fingerprint density at radius 2 is 1.88 bits per heavy atom. The van der Waals surface area contributed by atoms with Gasteiger partial charge in [0.25, 0.3) is 0 Å². The molecule has 2 atom stereocenters. The molecule has 0 saturated carbocycles. The third kappa shape index (κ3) is 3.63. The fraction of sp³-hybridized carbons (Fsp3) is 0.250. The van der Waals surface area contributed by atoms with E-state index < -0.39 is 5.97 Å². The van der Waals surface area contributed by atoms with Crippen LogP contribution in [-0.4, -0.2) is 24.8 Å². The lowest BCUT2D eigenvalue weighted by atomic mass is 9.65. The van der Waals surface area contributed by atoms with Crippen LogP contribution in [0.1, 0.15) is 36.6 Å². The first-order valence-corrected chi connectivity index (χ1v) is 11.1. The van der Waals surface area contributed by atoms with Gasteiger partial charge in [0, 0.05) is 23.1 Å². The number of anilines is 1. The van der Waals surface area contributed by atoms with Crippen molar-refractivity contribution in [1.82, 2.24) is 0 Å². The van der Waals surface area contributed by atoms with Gasteiger partial charge in [0.2, 0.25) is 0 Å². The number of nitrogens with one attached hydrogen (secondary N) is 1. The van der Waals surface area contributed by atoms with Crippen LogP contribution in [-0.2, 0) is 10.2 Å². The molecule has 0 aliphatic carbocycles. The van der Waals surface area contributed by atoms with Crippen LogP contribution < -0.4 is 14.8 Å². The van der Waals surface area contributed by atoms with Crippen molar-refractivity contribution < 1.29 is 19.4 Å². The largest absolute Gasteiger partial charge is 0.496 e. The molecule has 0 radical (unpaired) electrons. The van der Waals surface area contributed by atoms with Gasteiger partial charge in [0.1, 0.15) is 11.5 Å². The molecule has 2 aliphatic heterocycles. The molecule has 0 aromatic heterocycles. The Hall–Kier alpha value is -3.73. The molecular formula is C28H27NO4. The Bertz CT molecular complexity index is 1230. The molecular weight excluding hydrogens is 414 g/mol. The average molecular weight is 442 g/mol. The zero-order valence-electron chi connectivity index (χ0n) is 19.0. The van der Waals surface area contributed by atoms with E-state index in [2.05, 4.69) is 37.4 Å². The second-order valence-corrected chi connectivity index (χ2v) is 9.19. The zero-order chi connectivity index (χ0) is 23.2. The van der Waals surface area contributed by atoms with Gasteiger partial charge in [0.15, 0.2) is 0 Å². The molecule has 2 aliphatic rings. The van der Waals surface area contributed by atoms with E-state index >= 15 is 0 Å². The number of hydrogen-bond acceptors (Lipinski definition) is 4. The van der Waals surface area contributed by atoms with Crippen LogP contribution in [0.15, 0.2) is 66.7 Å². The number of methoxy groups -OCH3 is 1. The molecule has 2 heterocycles. The molecule has 0 saturated heterocycles. The van der Waals surface area contributed by atoms with Crippen molar-refractivity contribution in [2.45, 2.75) is 25.3 Å². The van der Waals surface area contributed by atoms with Crippen LogP contribution in [0.4, 0.5) is 5.69 Å². The summed E-state index contributed by atoms with van der Waals surface area (Å²) in [6, 6.07) is 20.6. The predicted molar refractivity (Wildman–Crippen MR) is 130 cm³/mol. The number of rotatable bonds is 4. The summed E-state index contributed by atoms with van der Waals surface area (Å²) in [7, 11) is 1.70. The Kier molecular flexibility index (Phi) is 5.12. The highest BCUT2D eigenvalue weighted by molar-refractivity contribution is 5.85. The van der Waals surface area contributed by atoms with Gasteiger partial charge in [0.05, 0.1) is 25.3 Å². The number of carboxylic acid groups (broad SMARTS) is 1. The van der Waals surface area contributed by atoms with Crippen LogP contribution >= 0.6 is 0 Å². The molecule has 0 amide bonds. The summed E-state index contributed by atoms with van der Waals surface area (Å²) < 4.78 is 11.9. The summed E-state index contributed by atoms with van der Waals surface area (Å²) in [5.74, 6) is 1.03. The lowest BCUT2D eigenvalue weighted by molar-refractivity contribution is -0.131. The van der Waals surface area contributed by atoms with Crippen molar-refractivity contribution >= 4 is 17.7 Å². The first kappa shape index (κ1) is 21.1. The number of benzene rings is 3. The van der Waals surface area contributed by atoms with Gasteiger partial charge in [-0.15, -0.1) is 0 Å². The number of hydrogen-bond donors (Lipinski definition) is 2. The molecule has 5 nitrogen and oxygen atoms in total. The molecule has 3 aromatic carbocycles. The van der Waals surface area contributed by atoms with Crippen LogP contribution in [0, 0.1) is 5.92 Å². The lowest BCUT2D eigenvalue weighted by Crippen LogP contribution is -2.46. The highest BCUT2D eigenvalue weighted by Gasteiger charge is 2.47. The summed E-state index contributed by atoms with van der Waals surface area (Å²) in [5.41, 5.74) is 6.44. The van der Waals surface area contributed by atoms with E-state index in [-0.39, 0.29) is 17.4 Å². The molecule has 33 heavy (non-hydrogen) atoms. The standard InChI is InChI=1S/C28H27NO4/c1-28(2)20-15-19(18-10-7-17(8-11-18)9-14-25(30)31)12-13-22(20)29-27-21(28)16-33-24-6-4-5-23(32-3)26(24)27/h4-15,21,27,29H,16H2,1-3H3,(H,30,31)/b14-9+/t21-,27-/m0/s1. The smallest absolute Gasteiger partial charge is 0.328 e. The fourth-order valence-electron chi connectivity index (χ4n) is 5.11. The molecule has 0 fully saturated rings. The third-order valence-corrected chi connectivity index (χ3v) is 6.99. The van der Waals surface area contributed by atoms with Crippen molar-refractivity contribution in [3.63, 3.8) is 0 Å². The zero-order valence-corrected chi connectivity index (χ0v) is 19.0. The minimum atomic E-state index is -0.950. The van der Waals surface area contributed by atoms with Crippen molar-refractivity contribution in [3.8, 4) is 22.6 Å². The van der Waals surface area contributed by atoms with Crippen molar-refractivity contribution in [2.24, 2.45) is 5.92 Å². The van der Waals surface area contributed by atoms with Gasteiger partial charge in [-0.1, -0.05) is 50.2 Å². The molecule has 5 rings (SSSR count). The van der Waals surface area contributed by atoms with Gasteiger partial charge in [-0.05, 0) is 52.6 Å². The monoisotopic (exact) mass is 441 g/mol. The second kappa shape index (κ2) is 8.00. The topological polar surface area (TPSA) is 67.8 Å². The van der Waals surface area contributed by atoms with Crippen molar-refractivity contribution in [1.29, 1.82) is 0 Å². The van der Waals surface area contributed by atoms with Gasteiger partial charge < -0.3 is 19.9 Å². The molecule has 3 aromatic rings. The van der Waals surface area contributed by atoms with Crippen LogP contribution in [0.2, 0.25) is 0 Å². The maximum absolute atomic E-state index is 10.8. The maximum atomic E-state index is 10.8. The number of carboxylic acids is 1. The van der Waals surface area contributed by atoms with Gasteiger partial charge >= 0.3 is 5.97 Å². The quantitative estimate of drug-likeness (QED) is 0.493. The summed E-state index contributed by atoms with van der Waals surface area (Å²) in [4.78, 5) is 10.8. The summed E-state index contributed by atoms with van der Waals surface area (Å²) >= 11 is 0. The predicted octanol–water partition coefficient (Wildman–Crippen LogP) is 5.91. The Morgan fingerprint density at radius 3 is 2.61 bits per heavy atom. The minimum Gasteiger partial charge on any atom is -0.496 e. The van der Waals surface area contributed by atoms with Gasteiger partial charge in [-0.25, -0.2) is 4.79 Å². The first-order chi connectivity index (χ1) is 15.9. The lowest BCUT2D eigenvalue weighted by Gasteiger charge is -2.48. The van der Waals surface area contributed by atoms with E-state index in [1.54, 1.807) is 13.2 Å². The van der Waals surface area contributed by atoms with Gasteiger partial charge in [-0.2, -0.15) is 0 Å². The maximum Gasteiger partial charge on any atom is 0.328 e. The van der Waals surface area contributed by atoms with Gasteiger partial charge in [-0.3, -0.25) is 0 Å². The number of fused-ring (bicyclic) bond motifs is 4. The van der Waals surface area contributed by atoms with Crippen LogP contribution in [0.3, 0.4) is 0 Å². The van der Waals surface area contributed by atoms with E-state index in [0.717, 1.165) is 45.5 Å². The number of carbonyl (C=O) groups is 1. The first-order valence-electron chi connectivity index (χ1n) is 11.1. The minimum absolute atomic E-state index is 0.110. The van der Waals surface area contributed by atoms with E-state index in [1.807, 2.05) is 42.5 Å². The molecule has 2 N–H and O–H groups in total. The second-order valence-electron chi connectivity index (χ2n) is 9.19. The number of ether oxygens (including phenoxy) is 2. The number of aliphatic carboxylic acids is 1. The van der Waals surface area contributed by atoms with E-state index in [4.69, 9.17) is 14.6 Å². The molecule has 168 valence electrons. The van der Waals surface area contributed by atoms with Crippen LogP contribution in [0.5, 0.6) is 11.5 Å². The summed E-state index contributed by atoms with van der Waals surface area (Å²) in [5, 5.41) is 12.6. The summed E-state index contributed by atoms with van der Waals surface area (Å²) in [6.45, 7) is 5.22. The molecule has 0 spiro atoms. The van der Waals surface area contributed by atoms with Crippen molar-refractivity contribution in [3.05, 3.63) is 83.4 Å². The van der Waals surface area contributed by atoms with Crippen molar-refractivity contribution in [2.75, 3.05) is 19.0 Å². The highest BCUT2D eigenvalue weighted by atomic mass is 16.5. The Morgan fingerprint density at radius 1 is 1.12 bits per heavy atom. The average Bonchev–Trinajstić information content (AvgIpc) is 2.82. The fourth-order valence-corrected chi connectivity index (χ4v) is 5.11. The molecule has 5 heteroatoms. The van der Waals surface area contributed by atoms with E-state index in [1.165, 1.54) is 5.56 Å². The molecule has 0 unspecified atom stereocenters. The SMILES string of the molecule is COc1cccc2c1[C@H]1Nc3ccc(-c4ccc(/C=C/C(=O)O)cc4)cc3C(C)(C)[C@H]1CO2. The van der Waals surface area contributed by atoms with E-state index in [9.17, 15) is 4.79 Å².